The molecule has 252 valence electrons. The molecule has 8 aromatic carbocycles. The average Bonchev–Trinajstić information content (AvgIpc) is 3.83. The number of hydrogen-bond donors (Lipinski definition) is 0. The fourth-order valence-electron chi connectivity index (χ4n) is 7.64. The van der Waals surface area contributed by atoms with E-state index in [1.807, 2.05) is 54.6 Å². The zero-order valence-electron chi connectivity index (χ0n) is 28.9. The van der Waals surface area contributed by atoms with Crippen molar-refractivity contribution in [3.05, 3.63) is 176 Å². The lowest BCUT2D eigenvalue weighted by Crippen LogP contribution is -2.00. The minimum atomic E-state index is 0.602. The Labute approximate surface area is 309 Å². The SMILES string of the molecule is c1ccc(-c2nc(-c3ccc(-n4c5ccccc5c5ccc(-c6nc7ccccc7o6)cc54)cc3)nc(-c3ccc4c(ccc5ccccc54)c3)n2)cc1. The van der Waals surface area contributed by atoms with Crippen molar-refractivity contribution in [2.75, 3.05) is 0 Å². The van der Waals surface area contributed by atoms with Crippen LogP contribution in [-0.4, -0.2) is 24.5 Å². The van der Waals surface area contributed by atoms with Gasteiger partial charge in [0.25, 0.3) is 0 Å². The normalized spacial score (nSPS) is 11.7. The van der Waals surface area contributed by atoms with Crippen LogP contribution in [-0.2, 0) is 0 Å². The van der Waals surface area contributed by atoms with E-state index in [2.05, 4.69) is 126 Å². The van der Waals surface area contributed by atoms with Crippen LogP contribution in [0.5, 0.6) is 0 Å². The molecule has 0 fully saturated rings. The summed E-state index contributed by atoms with van der Waals surface area (Å²) >= 11 is 0. The van der Waals surface area contributed by atoms with Gasteiger partial charge in [-0.25, -0.2) is 19.9 Å². The quantitative estimate of drug-likeness (QED) is 0.168. The molecule has 6 heteroatoms. The number of hydrogen-bond acceptors (Lipinski definition) is 5. The molecule has 0 amide bonds. The number of benzene rings is 8. The van der Waals surface area contributed by atoms with Crippen molar-refractivity contribution in [2.24, 2.45) is 0 Å². The van der Waals surface area contributed by atoms with E-state index in [-0.39, 0.29) is 0 Å². The van der Waals surface area contributed by atoms with E-state index in [9.17, 15) is 0 Å². The van der Waals surface area contributed by atoms with E-state index >= 15 is 0 Å². The molecule has 0 radical (unpaired) electrons. The zero-order valence-corrected chi connectivity index (χ0v) is 28.9. The summed E-state index contributed by atoms with van der Waals surface area (Å²) in [5.74, 6) is 2.48. The number of fused-ring (bicyclic) bond motifs is 7. The highest BCUT2D eigenvalue weighted by molar-refractivity contribution is 6.10. The molecule has 0 atom stereocenters. The van der Waals surface area contributed by atoms with Crippen LogP contribution >= 0.6 is 0 Å². The predicted molar refractivity (Wildman–Crippen MR) is 218 cm³/mol. The number of aromatic nitrogens is 5. The lowest BCUT2D eigenvalue weighted by molar-refractivity contribution is 0.620. The molecule has 11 rings (SSSR count). The molecule has 0 N–H and O–H groups in total. The molecule has 0 aliphatic heterocycles. The smallest absolute Gasteiger partial charge is 0.227 e. The Kier molecular flexibility index (Phi) is 6.75. The van der Waals surface area contributed by atoms with Crippen LogP contribution in [0, 0.1) is 0 Å². The summed E-state index contributed by atoms with van der Waals surface area (Å²) < 4.78 is 8.47. The molecule has 0 unspecified atom stereocenters. The third kappa shape index (κ3) is 4.96. The van der Waals surface area contributed by atoms with Gasteiger partial charge >= 0.3 is 0 Å². The van der Waals surface area contributed by atoms with Crippen LogP contribution in [0.3, 0.4) is 0 Å². The fourth-order valence-corrected chi connectivity index (χ4v) is 7.64. The molecule has 0 bridgehead atoms. The first-order valence-corrected chi connectivity index (χ1v) is 18.0. The van der Waals surface area contributed by atoms with Crippen LogP contribution in [0.15, 0.2) is 180 Å². The summed E-state index contributed by atoms with van der Waals surface area (Å²) in [7, 11) is 0. The first-order valence-electron chi connectivity index (χ1n) is 18.0. The van der Waals surface area contributed by atoms with Gasteiger partial charge in [-0.3, -0.25) is 0 Å². The number of nitrogens with zero attached hydrogens (tertiary/aromatic N) is 5. The largest absolute Gasteiger partial charge is 0.436 e. The molecule has 3 heterocycles. The van der Waals surface area contributed by atoms with Gasteiger partial charge in [-0.2, -0.15) is 0 Å². The van der Waals surface area contributed by atoms with Crippen LogP contribution < -0.4 is 0 Å². The van der Waals surface area contributed by atoms with E-state index in [0.29, 0.717) is 23.4 Å². The lowest BCUT2D eigenvalue weighted by Gasteiger charge is -2.11. The second-order valence-corrected chi connectivity index (χ2v) is 13.5. The van der Waals surface area contributed by atoms with Gasteiger partial charge in [0.2, 0.25) is 5.89 Å². The van der Waals surface area contributed by atoms with Crippen molar-refractivity contribution < 1.29 is 4.42 Å². The summed E-state index contributed by atoms with van der Waals surface area (Å²) in [6.45, 7) is 0. The van der Waals surface area contributed by atoms with Crippen molar-refractivity contribution in [1.82, 2.24) is 24.5 Å². The van der Waals surface area contributed by atoms with E-state index in [1.54, 1.807) is 0 Å². The molecule has 54 heavy (non-hydrogen) atoms. The summed E-state index contributed by atoms with van der Waals surface area (Å²) in [5, 5.41) is 7.14. The minimum absolute atomic E-state index is 0.602. The topological polar surface area (TPSA) is 69.6 Å². The molecule has 6 nitrogen and oxygen atoms in total. The zero-order chi connectivity index (χ0) is 35.6. The Morgan fingerprint density at radius 1 is 0.370 bits per heavy atom. The molecule has 0 aliphatic carbocycles. The van der Waals surface area contributed by atoms with Crippen LogP contribution in [0.1, 0.15) is 0 Å². The maximum Gasteiger partial charge on any atom is 0.227 e. The molecule has 0 saturated heterocycles. The van der Waals surface area contributed by atoms with Crippen molar-refractivity contribution in [1.29, 1.82) is 0 Å². The van der Waals surface area contributed by atoms with Crippen molar-refractivity contribution in [3.63, 3.8) is 0 Å². The molecule has 0 spiro atoms. The Morgan fingerprint density at radius 3 is 1.80 bits per heavy atom. The minimum Gasteiger partial charge on any atom is -0.436 e. The van der Waals surface area contributed by atoms with Gasteiger partial charge in [0.05, 0.1) is 11.0 Å². The van der Waals surface area contributed by atoms with Gasteiger partial charge in [-0.1, -0.05) is 115 Å². The highest BCUT2D eigenvalue weighted by Gasteiger charge is 2.17. The third-order valence-corrected chi connectivity index (χ3v) is 10.3. The third-order valence-electron chi connectivity index (χ3n) is 10.3. The molecule has 11 aromatic rings. The standard InChI is InChI=1S/C48H29N5O/c1-2-11-31(12-3-1)45-50-46(52-47(51-45)34-22-26-38-33(28-34)19-18-30-10-4-5-13-37(30)38)32-20-24-36(25-21-32)53-42-16-8-6-14-39(42)40-27-23-35(29-43(40)53)48-49-41-15-7-9-17-44(41)54-48/h1-29H. The number of para-hydroxylation sites is 3. The van der Waals surface area contributed by atoms with E-state index in [1.165, 1.54) is 21.5 Å². The highest BCUT2D eigenvalue weighted by atomic mass is 16.3. The molecule has 0 aliphatic rings. The van der Waals surface area contributed by atoms with Crippen molar-refractivity contribution in [2.45, 2.75) is 0 Å². The first-order chi connectivity index (χ1) is 26.7. The monoisotopic (exact) mass is 691 g/mol. The van der Waals surface area contributed by atoms with E-state index in [0.717, 1.165) is 60.8 Å². The Bertz CT molecular complexity index is 3180. The summed E-state index contributed by atoms with van der Waals surface area (Å²) in [4.78, 5) is 19.9. The second-order valence-electron chi connectivity index (χ2n) is 13.5. The first kappa shape index (κ1) is 30.2. The van der Waals surface area contributed by atoms with Gasteiger partial charge in [0.15, 0.2) is 23.1 Å². The molecular weight excluding hydrogens is 663 g/mol. The summed E-state index contributed by atoms with van der Waals surface area (Å²) in [6, 6.07) is 60.7. The summed E-state index contributed by atoms with van der Waals surface area (Å²) in [6.07, 6.45) is 0. The van der Waals surface area contributed by atoms with Gasteiger partial charge in [0.1, 0.15) is 5.52 Å². The van der Waals surface area contributed by atoms with E-state index in [4.69, 9.17) is 24.4 Å². The van der Waals surface area contributed by atoms with Crippen LogP contribution in [0.25, 0.3) is 106 Å². The maximum atomic E-state index is 6.17. The second kappa shape index (κ2) is 12.1. The molecule has 3 aromatic heterocycles. The van der Waals surface area contributed by atoms with Gasteiger partial charge in [-0.05, 0) is 82.2 Å². The Morgan fingerprint density at radius 2 is 0.963 bits per heavy atom. The fraction of sp³-hybridized carbons (Fsp3) is 0. The van der Waals surface area contributed by atoms with Gasteiger partial charge in [-0.15, -0.1) is 0 Å². The number of oxazole rings is 1. The summed E-state index contributed by atoms with van der Waals surface area (Å²) in [5.41, 5.74) is 8.53. The highest BCUT2D eigenvalue weighted by Crippen LogP contribution is 2.36. The van der Waals surface area contributed by atoms with Crippen LogP contribution in [0.2, 0.25) is 0 Å². The Balaban J connectivity index is 1.03. The van der Waals surface area contributed by atoms with Crippen molar-refractivity contribution in [3.8, 4) is 51.3 Å². The predicted octanol–water partition coefficient (Wildman–Crippen LogP) is 12.1. The maximum absolute atomic E-state index is 6.17. The van der Waals surface area contributed by atoms with Crippen LogP contribution in [0.4, 0.5) is 0 Å². The van der Waals surface area contributed by atoms with Crippen molar-refractivity contribution >= 4 is 54.5 Å². The Hall–Kier alpha value is -7.44. The van der Waals surface area contributed by atoms with Gasteiger partial charge < -0.3 is 8.98 Å². The average molecular weight is 692 g/mol. The molecule has 0 saturated carbocycles. The number of rotatable bonds is 5. The molecular formula is C48H29N5O. The van der Waals surface area contributed by atoms with Gasteiger partial charge in [0, 0.05) is 38.7 Å². The van der Waals surface area contributed by atoms with E-state index < -0.39 is 0 Å². The lowest BCUT2D eigenvalue weighted by atomic mass is 10.00.